The third kappa shape index (κ3) is 3.89. The molecule has 2 rings (SSSR count). The topological polar surface area (TPSA) is 62.2 Å². The maximum absolute atomic E-state index is 12.0. The lowest BCUT2D eigenvalue weighted by atomic mass is 10.2. The zero-order valence-corrected chi connectivity index (χ0v) is 11.7. The number of aliphatic hydroxyl groups excluding tert-OH is 1. The second kappa shape index (κ2) is 7.04. The van der Waals surface area contributed by atoms with Crippen LogP contribution in [0.1, 0.15) is 20.9 Å². The van der Waals surface area contributed by atoms with Gasteiger partial charge in [-0.3, -0.25) is 4.79 Å². The maximum atomic E-state index is 12.0. The van der Waals surface area contributed by atoms with E-state index in [-0.39, 0.29) is 12.5 Å². The van der Waals surface area contributed by atoms with Gasteiger partial charge in [-0.05, 0) is 11.4 Å². The molecule has 2 N–H and O–H groups in total. The number of aliphatic hydroxyl groups is 1. The van der Waals surface area contributed by atoms with Gasteiger partial charge in [-0.25, -0.2) is 4.98 Å². The normalized spacial score (nSPS) is 9.74. The van der Waals surface area contributed by atoms with Gasteiger partial charge in [0, 0.05) is 23.9 Å². The molecule has 0 atom stereocenters. The minimum Gasteiger partial charge on any atom is -0.384 e. The van der Waals surface area contributed by atoms with Crippen LogP contribution in [0.4, 0.5) is 0 Å². The van der Waals surface area contributed by atoms with Crippen LogP contribution in [-0.4, -0.2) is 29.1 Å². The molecule has 6 heteroatoms. The number of carbonyl (C=O) groups excluding carboxylic acids is 1. The second-order valence-corrected chi connectivity index (χ2v) is 5.24. The molecule has 0 saturated carbocycles. The standard InChI is InChI=1S/C13H12N2O2S2/c16-6-1-2-10-4-7-19-12(10)13(17)14-5-3-11-8-18-9-15-11/h4,7-9,16H,3,5-6H2,(H,14,17). The number of nitrogens with one attached hydrogen (secondary N) is 1. The number of amides is 1. The molecule has 0 fully saturated rings. The first-order valence-electron chi connectivity index (χ1n) is 5.63. The summed E-state index contributed by atoms with van der Waals surface area (Å²) < 4.78 is 0. The number of hydrogen-bond acceptors (Lipinski definition) is 5. The van der Waals surface area contributed by atoms with Gasteiger partial charge in [-0.2, -0.15) is 0 Å². The van der Waals surface area contributed by atoms with Crippen LogP contribution in [0.2, 0.25) is 0 Å². The SMILES string of the molecule is O=C(NCCc1cscn1)c1sccc1C#CCO. The van der Waals surface area contributed by atoms with Crippen LogP contribution in [0.3, 0.4) is 0 Å². The molecule has 0 aliphatic carbocycles. The highest BCUT2D eigenvalue weighted by Gasteiger charge is 2.11. The lowest BCUT2D eigenvalue weighted by Crippen LogP contribution is -2.25. The van der Waals surface area contributed by atoms with E-state index in [1.54, 1.807) is 22.9 Å². The predicted octanol–water partition coefficient (Wildman–Crippen LogP) is 1.52. The van der Waals surface area contributed by atoms with Crippen molar-refractivity contribution in [2.75, 3.05) is 13.2 Å². The number of thiophene rings is 1. The van der Waals surface area contributed by atoms with Crippen LogP contribution in [-0.2, 0) is 6.42 Å². The van der Waals surface area contributed by atoms with Crippen molar-refractivity contribution in [2.45, 2.75) is 6.42 Å². The van der Waals surface area contributed by atoms with Gasteiger partial charge in [-0.1, -0.05) is 11.8 Å². The Balaban J connectivity index is 1.91. The summed E-state index contributed by atoms with van der Waals surface area (Å²) >= 11 is 2.89. The van der Waals surface area contributed by atoms with E-state index in [4.69, 9.17) is 5.11 Å². The van der Waals surface area contributed by atoms with E-state index in [0.29, 0.717) is 17.0 Å². The fourth-order valence-electron chi connectivity index (χ4n) is 1.46. The van der Waals surface area contributed by atoms with E-state index in [9.17, 15) is 4.79 Å². The lowest BCUT2D eigenvalue weighted by molar-refractivity contribution is 0.0958. The summed E-state index contributed by atoms with van der Waals surface area (Å²) in [6.45, 7) is 0.341. The number of carbonyl (C=O) groups is 1. The summed E-state index contributed by atoms with van der Waals surface area (Å²) in [5.41, 5.74) is 3.42. The molecule has 98 valence electrons. The molecule has 1 amide bonds. The van der Waals surface area contributed by atoms with E-state index >= 15 is 0 Å². The molecule has 0 aliphatic rings. The molecule has 0 radical (unpaired) electrons. The Bertz CT molecular complexity index is 594. The van der Waals surface area contributed by atoms with E-state index in [2.05, 4.69) is 22.1 Å². The molecule has 2 aromatic heterocycles. The molecule has 0 bridgehead atoms. The lowest BCUT2D eigenvalue weighted by Gasteiger charge is -2.02. The second-order valence-electron chi connectivity index (χ2n) is 3.61. The number of hydrogen-bond donors (Lipinski definition) is 2. The molecule has 0 unspecified atom stereocenters. The molecule has 2 heterocycles. The first kappa shape index (κ1) is 13.7. The van der Waals surface area contributed by atoms with Gasteiger partial charge in [-0.15, -0.1) is 22.7 Å². The van der Waals surface area contributed by atoms with Crippen LogP contribution in [0, 0.1) is 11.8 Å². The summed E-state index contributed by atoms with van der Waals surface area (Å²) in [5.74, 6) is 5.18. The fraction of sp³-hybridized carbons (Fsp3) is 0.231. The van der Waals surface area contributed by atoms with Crippen molar-refractivity contribution in [3.63, 3.8) is 0 Å². The summed E-state index contributed by atoms with van der Waals surface area (Å²) in [7, 11) is 0. The minimum atomic E-state index is -0.208. The largest absolute Gasteiger partial charge is 0.384 e. The summed E-state index contributed by atoms with van der Waals surface area (Å²) in [4.78, 5) is 16.7. The molecular formula is C13H12N2O2S2. The summed E-state index contributed by atoms with van der Waals surface area (Å²) in [6, 6.07) is 1.78. The van der Waals surface area contributed by atoms with Crippen molar-refractivity contribution in [2.24, 2.45) is 0 Å². The predicted molar refractivity (Wildman–Crippen MR) is 76.4 cm³/mol. The van der Waals surface area contributed by atoms with E-state index in [1.807, 2.05) is 10.8 Å². The van der Waals surface area contributed by atoms with Gasteiger partial charge >= 0.3 is 0 Å². The van der Waals surface area contributed by atoms with Crippen LogP contribution < -0.4 is 5.32 Å². The number of thiazole rings is 1. The Labute approximate surface area is 119 Å². The van der Waals surface area contributed by atoms with Gasteiger partial charge in [0.1, 0.15) is 11.5 Å². The Hall–Kier alpha value is -1.68. The molecule has 4 nitrogen and oxygen atoms in total. The molecule has 0 spiro atoms. The van der Waals surface area contributed by atoms with Crippen LogP contribution in [0.25, 0.3) is 0 Å². The zero-order chi connectivity index (χ0) is 13.5. The van der Waals surface area contributed by atoms with Crippen molar-refractivity contribution in [3.05, 3.63) is 38.5 Å². The van der Waals surface area contributed by atoms with E-state index < -0.39 is 0 Å². The van der Waals surface area contributed by atoms with Crippen molar-refractivity contribution in [3.8, 4) is 11.8 Å². The highest BCUT2D eigenvalue weighted by molar-refractivity contribution is 7.12. The fourth-order valence-corrected chi connectivity index (χ4v) is 2.82. The molecule has 0 saturated heterocycles. The van der Waals surface area contributed by atoms with Crippen LogP contribution >= 0.6 is 22.7 Å². The van der Waals surface area contributed by atoms with Crippen molar-refractivity contribution in [1.82, 2.24) is 10.3 Å². The van der Waals surface area contributed by atoms with Gasteiger partial charge in [0.05, 0.1) is 11.2 Å². The van der Waals surface area contributed by atoms with Gasteiger partial charge in [0.2, 0.25) is 0 Å². The smallest absolute Gasteiger partial charge is 0.262 e. The highest BCUT2D eigenvalue weighted by atomic mass is 32.1. The van der Waals surface area contributed by atoms with Gasteiger partial charge in [0.25, 0.3) is 5.91 Å². The first-order valence-corrected chi connectivity index (χ1v) is 7.46. The molecule has 2 aromatic rings. The Morgan fingerprint density at radius 1 is 1.53 bits per heavy atom. The minimum absolute atomic E-state index is 0.132. The molecule has 0 aromatic carbocycles. The third-order valence-corrected chi connectivity index (χ3v) is 3.87. The molecule has 19 heavy (non-hydrogen) atoms. The average molecular weight is 292 g/mol. The number of aromatic nitrogens is 1. The summed E-state index contributed by atoms with van der Waals surface area (Å²) in [6.07, 6.45) is 0.721. The van der Waals surface area contributed by atoms with Crippen LogP contribution in [0.15, 0.2) is 22.3 Å². The van der Waals surface area contributed by atoms with Gasteiger partial charge in [0.15, 0.2) is 0 Å². The van der Waals surface area contributed by atoms with E-state index in [0.717, 1.165) is 12.1 Å². The number of nitrogens with zero attached hydrogens (tertiary/aromatic N) is 1. The Kier molecular flexibility index (Phi) is 5.10. The first-order chi connectivity index (χ1) is 9.31. The van der Waals surface area contributed by atoms with E-state index in [1.165, 1.54) is 11.3 Å². The highest BCUT2D eigenvalue weighted by Crippen LogP contribution is 2.15. The molecular weight excluding hydrogens is 280 g/mol. The van der Waals surface area contributed by atoms with Crippen molar-refractivity contribution >= 4 is 28.6 Å². The third-order valence-electron chi connectivity index (χ3n) is 2.32. The van der Waals surface area contributed by atoms with Crippen molar-refractivity contribution in [1.29, 1.82) is 0 Å². The summed E-state index contributed by atoms with van der Waals surface area (Å²) in [5, 5.41) is 15.3. The zero-order valence-electron chi connectivity index (χ0n) is 10.0. The van der Waals surface area contributed by atoms with Crippen molar-refractivity contribution < 1.29 is 9.90 Å². The maximum Gasteiger partial charge on any atom is 0.262 e. The Morgan fingerprint density at radius 3 is 3.16 bits per heavy atom. The monoisotopic (exact) mass is 292 g/mol. The van der Waals surface area contributed by atoms with Crippen LogP contribution in [0.5, 0.6) is 0 Å². The quantitative estimate of drug-likeness (QED) is 0.840. The molecule has 0 aliphatic heterocycles. The van der Waals surface area contributed by atoms with Gasteiger partial charge < -0.3 is 10.4 Å². The number of rotatable bonds is 4. The average Bonchev–Trinajstić information content (AvgIpc) is 3.07. The Morgan fingerprint density at radius 2 is 2.42 bits per heavy atom.